The highest BCUT2D eigenvalue weighted by Crippen LogP contribution is 2.36. The van der Waals surface area contributed by atoms with Gasteiger partial charge in [0.2, 0.25) is 5.91 Å². The van der Waals surface area contributed by atoms with Crippen molar-refractivity contribution in [1.29, 1.82) is 0 Å². The third-order valence-electron chi connectivity index (χ3n) is 5.80. The van der Waals surface area contributed by atoms with E-state index < -0.39 is 0 Å². The molecule has 164 valence electrons. The van der Waals surface area contributed by atoms with E-state index in [4.69, 9.17) is 21.3 Å². The number of hydrogen-bond acceptors (Lipinski definition) is 5. The number of fused-ring (bicyclic) bond motifs is 1. The van der Waals surface area contributed by atoms with Crippen molar-refractivity contribution in [3.63, 3.8) is 0 Å². The van der Waals surface area contributed by atoms with Crippen LogP contribution in [0.3, 0.4) is 0 Å². The number of rotatable bonds is 6. The second-order valence-corrected chi connectivity index (χ2v) is 9.53. The minimum absolute atomic E-state index is 0.0630. The summed E-state index contributed by atoms with van der Waals surface area (Å²) in [5.41, 5.74) is 5.35. The topological polar surface area (TPSA) is 45.7 Å². The fourth-order valence-electron chi connectivity index (χ4n) is 3.90. The van der Waals surface area contributed by atoms with E-state index in [0.717, 1.165) is 59.8 Å². The van der Waals surface area contributed by atoms with Gasteiger partial charge in [-0.05, 0) is 43.5 Å². The van der Waals surface area contributed by atoms with E-state index in [1.165, 1.54) is 16.9 Å². The Labute approximate surface area is 192 Å². The summed E-state index contributed by atoms with van der Waals surface area (Å²) in [6, 6.07) is 10.1. The van der Waals surface area contributed by atoms with Gasteiger partial charge in [0.15, 0.2) is 5.13 Å². The van der Waals surface area contributed by atoms with Crippen LogP contribution in [0.1, 0.15) is 22.3 Å². The predicted octanol–water partition coefficient (Wildman–Crippen LogP) is 4.78. The molecule has 1 aromatic heterocycles. The Kier molecular flexibility index (Phi) is 6.92. The second kappa shape index (κ2) is 9.65. The van der Waals surface area contributed by atoms with Crippen molar-refractivity contribution >= 4 is 44.2 Å². The maximum atomic E-state index is 13.5. The van der Waals surface area contributed by atoms with Crippen LogP contribution in [0, 0.1) is 20.8 Å². The Morgan fingerprint density at radius 2 is 1.94 bits per heavy atom. The van der Waals surface area contributed by atoms with E-state index >= 15 is 0 Å². The Morgan fingerprint density at radius 3 is 2.65 bits per heavy atom. The maximum Gasteiger partial charge on any atom is 0.233 e. The van der Waals surface area contributed by atoms with Crippen molar-refractivity contribution in [2.45, 2.75) is 27.2 Å². The first-order valence-electron chi connectivity index (χ1n) is 10.6. The Bertz CT molecular complexity index is 1050. The standard InChI is InChI=1S/C24H28ClN3O2S/c1-16-4-6-19(18(3)14-16)15-21(29)28(9-8-27-10-12-30-13-11-27)24-26-22-17(2)5-7-20(25)23(22)31-24/h4-7,14H,8-13,15H2,1-3H3. The zero-order valence-electron chi connectivity index (χ0n) is 18.3. The van der Waals surface area contributed by atoms with Gasteiger partial charge in [-0.2, -0.15) is 0 Å². The summed E-state index contributed by atoms with van der Waals surface area (Å²) in [6.45, 7) is 10.8. The number of thiazole rings is 1. The molecule has 5 nitrogen and oxygen atoms in total. The number of ether oxygens (including phenoxy) is 1. The predicted molar refractivity (Wildman–Crippen MR) is 129 cm³/mol. The number of carbonyl (C=O) groups excluding carboxylic acids is 1. The molecule has 0 N–H and O–H groups in total. The fraction of sp³-hybridized carbons (Fsp3) is 0.417. The lowest BCUT2D eigenvalue weighted by Crippen LogP contribution is -2.43. The van der Waals surface area contributed by atoms with Crippen molar-refractivity contribution < 1.29 is 9.53 Å². The smallest absolute Gasteiger partial charge is 0.233 e. The number of benzene rings is 2. The van der Waals surface area contributed by atoms with E-state index in [2.05, 4.69) is 36.9 Å². The molecule has 0 radical (unpaired) electrons. The lowest BCUT2D eigenvalue weighted by Gasteiger charge is -2.29. The molecule has 0 atom stereocenters. The molecule has 31 heavy (non-hydrogen) atoms. The highest BCUT2D eigenvalue weighted by Gasteiger charge is 2.23. The van der Waals surface area contributed by atoms with Gasteiger partial charge in [-0.25, -0.2) is 4.98 Å². The third-order valence-corrected chi connectivity index (χ3v) is 7.34. The lowest BCUT2D eigenvalue weighted by atomic mass is 10.0. The molecule has 0 aliphatic carbocycles. The number of morpholine rings is 1. The number of carbonyl (C=O) groups is 1. The van der Waals surface area contributed by atoms with Crippen LogP contribution in [-0.2, 0) is 16.0 Å². The van der Waals surface area contributed by atoms with Gasteiger partial charge < -0.3 is 4.74 Å². The van der Waals surface area contributed by atoms with Crippen LogP contribution in [0.4, 0.5) is 5.13 Å². The van der Waals surface area contributed by atoms with Crippen LogP contribution in [0.25, 0.3) is 10.2 Å². The van der Waals surface area contributed by atoms with Crippen molar-refractivity contribution in [3.8, 4) is 0 Å². The van der Waals surface area contributed by atoms with Gasteiger partial charge in [0.25, 0.3) is 0 Å². The molecule has 3 aromatic rings. The minimum Gasteiger partial charge on any atom is -0.379 e. The SMILES string of the molecule is Cc1ccc(CC(=O)N(CCN2CCOCC2)c2nc3c(C)ccc(Cl)c3s2)c(C)c1. The number of halogens is 1. The molecular weight excluding hydrogens is 430 g/mol. The van der Waals surface area contributed by atoms with Gasteiger partial charge in [0, 0.05) is 26.2 Å². The number of aryl methyl sites for hydroxylation is 3. The number of hydrogen-bond donors (Lipinski definition) is 0. The Balaban J connectivity index is 1.62. The molecule has 1 aliphatic rings. The van der Waals surface area contributed by atoms with Gasteiger partial charge >= 0.3 is 0 Å². The van der Waals surface area contributed by atoms with Crippen molar-refractivity contribution in [1.82, 2.24) is 9.88 Å². The van der Waals surface area contributed by atoms with Crippen molar-refractivity contribution in [3.05, 3.63) is 57.6 Å². The molecule has 4 rings (SSSR count). The molecule has 0 saturated carbocycles. The fourth-order valence-corrected chi connectivity index (χ4v) is 5.26. The molecule has 0 spiro atoms. The molecule has 7 heteroatoms. The van der Waals surface area contributed by atoms with E-state index in [0.29, 0.717) is 23.1 Å². The van der Waals surface area contributed by atoms with Gasteiger partial charge in [-0.1, -0.05) is 52.8 Å². The average molecular weight is 458 g/mol. The summed E-state index contributed by atoms with van der Waals surface area (Å²) in [5, 5.41) is 1.40. The lowest BCUT2D eigenvalue weighted by molar-refractivity contribution is -0.118. The molecule has 0 unspecified atom stereocenters. The van der Waals surface area contributed by atoms with Crippen LogP contribution in [0.5, 0.6) is 0 Å². The normalized spacial score (nSPS) is 14.8. The summed E-state index contributed by atoms with van der Waals surface area (Å²) in [5.74, 6) is 0.0630. The molecule has 2 aromatic carbocycles. The summed E-state index contributed by atoms with van der Waals surface area (Å²) >= 11 is 7.93. The van der Waals surface area contributed by atoms with E-state index in [1.807, 2.05) is 24.0 Å². The number of nitrogens with zero attached hydrogens (tertiary/aromatic N) is 3. The van der Waals surface area contributed by atoms with Gasteiger partial charge in [-0.15, -0.1) is 0 Å². The van der Waals surface area contributed by atoms with Crippen LogP contribution in [0.2, 0.25) is 5.02 Å². The van der Waals surface area contributed by atoms with E-state index in [-0.39, 0.29) is 5.91 Å². The molecule has 2 heterocycles. The minimum atomic E-state index is 0.0630. The van der Waals surface area contributed by atoms with Gasteiger partial charge in [0.05, 0.1) is 34.9 Å². The molecule has 1 aliphatic heterocycles. The Hall–Kier alpha value is -1.99. The average Bonchev–Trinajstić information content (AvgIpc) is 3.20. The van der Waals surface area contributed by atoms with Gasteiger partial charge in [0.1, 0.15) is 0 Å². The second-order valence-electron chi connectivity index (χ2n) is 8.14. The van der Waals surface area contributed by atoms with Crippen LogP contribution >= 0.6 is 22.9 Å². The van der Waals surface area contributed by atoms with Gasteiger partial charge in [-0.3, -0.25) is 14.6 Å². The van der Waals surface area contributed by atoms with Crippen molar-refractivity contribution in [2.24, 2.45) is 0 Å². The highest BCUT2D eigenvalue weighted by molar-refractivity contribution is 7.23. The zero-order valence-corrected chi connectivity index (χ0v) is 19.9. The molecule has 1 saturated heterocycles. The summed E-state index contributed by atoms with van der Waals surface area (Å²) < 4.78 is 6.40. The number of anilines is 1. The maximum absolute atomic E-state index is 13.5. The van der Waals surface area contributed by atoms with Crippen LogP contribution in [-0.4, -0.2) is 55.2 Å². The first kappa shape index (κ1) is 22.2. The largest absolute Gasteiger partial charge is 0.379 e. The quantitative estimate of drug-likeness (QED) is 0.534. The first-order valence-corrected chi connectivity index (χ1v) is 11.8. The monoisotopic (exact) mass is 457 g/mol. The zero-order chi connectivity index (χ0) is 22.0. The highest BCUT2D eigenvalue weighted by atomic mass is 35.5. The first-order chi connectivity index (χ1) is 14.9. The van der Waals surface area contributed by atoms with E-state index in [1.54, 1.807) is 0 Å². The van der Waals surface area contributed by atoms with Crippen LogP contribution < -0.4 is 4.90 Å². The number of amides is 1. The summed E-state index contributed by atoms with van der Waals surface area (Å²) in [4.78, 5) is 22.5. The molecule has 1 amide bonds. The molecular formula is C24H28ClN3O2S. The molecule has 0 bridgehead atoms. The van der Waals surface area contributed by atoms with E-state index in [9.17, 15) is 4.79 Å². The number of aromatic nitrogens is 1. The van der Waals surface area contributed by atoms with Crippen molar-refractivity contribution in [2.75, 3.05) is 44.3 Å². The van der Waals surface area contributed by atoms with Crippen LogP contribution in [0.15, 0.2) is 30.3 Å². The Morgan fingerprint density at radius 1 is 1.16 bits per heavy atom. The third kappa shape index (κ3) is 5.09. The molecule has 1 fully saturated rings. The summed E-state index contributed by atoms with van der Waals surface area (Å²) in [7, 11) is 0. The summed E-state index contributed by atoms with van der Waals surface area (Å²) in [6.07, 6.45) is 0.359.